The van der Waals surface area contributed by atoms with Gasteiger partial charge in [0.2, 0.25) is 0 Å². The van der Waals surface area contributed by atoms with Crippen molar-refractivity contribution >= 4 is 16.7 Å². The van der Waals surface area contributed by atoms with E-state index in [0.29, 0.717) is 13.2 Å². The maximum Gasteiger partial charge on any atom is 0.170 e. The minimum atomic E-state index is 0.128. The number of hydrogen-bond acceptors (Lipinski definition) is 3. The summed E-state index contributed by atoms with van der Waals surface area (Å²) in [5.41, 5.74) is 7.45. The van der Waals surface area contributed by atoms with Gasteiger partial charge < -0.3 is 20.2 Å². The van der Waals surface area contributed by atoms with Crippen LogP contribution >= 0.6 is 0 Å². The first-order valence-corrected chi connectivity index (χ1v) is 5.91. The lowest BCUT2D eigenvalue weighted by Crippen LogP contribution is -2.13. The van der Waals surface area contributed by atoms with E-state index in [2.05, 4.69) is 9.72 Å². The van der Waals surface area contributed by atoms with Crippen LogP contribution in [0.5, 0.6) is 0 Å². The Morgan fingerprint density at radius 2 is 2.28 bits per heavy atom. The summed E-state index contributed by atoms with van der Waals surface area (Å²) >= 11 is 0. The summed E-state index contributed by atoms with van der Waals surface area (Å²) < 4.78 is 7.44. The maximum absolute atomic E-state index is 8.76. The van der Waals surface area contributed by atoms with Crippen LogP contribution in [0, 0.1) is 0 Å². The van der Waals surface area contributed by atoms with Crippen molar-refractivity contribution in [2.45, 2.75) is 13.5 Å². The lowest BCUT2D eigenvalue weighted by atomic mass is 10.1. The van der Waals surface area contributed by atoms with E-state index in [1.807, 2.05) is 37.4 Å². The summed E-state index contributed by atoms with van der Waals surface area (Å²) in [7, 11) is 0. The quantitative estimate of drug-likeness (QED) is 0.278. The predicted octanol–water partition coefficient (Wildman–Crippen LogP) is 1.77. The molecule has 0 aliphatic heterocycles. The molecule has 0 fully saturated rings. The van der Waals surface area contributed by atoms with Gasteiger partial charge in [-0.15, -0.1) is 0 Å². The zero-order valence-corrected chi connectivity index (χ0v) is 10.3. The van der Waals surface area contributed by atoms with Crippen LogP contribution in [-0.4, -0.2) is 28.8 Å². The van der Waals surface area contributed by atoms with E-state index in [1.54, 1.807) is 0 Å². The van der Waals surface area contributed by atoms with E-state index in [9.17, 15) is 0 Å². The highest BCUT2D eigenvalue weighted by atomic mass is 16.5. The molecule has 2 rings (SSSR count). The van der Waals surface area contributed by atoms with Gasteiger partial charge in [0.25, 0.3) is 0 Å². The monoisotopic (exact) mass is 247 g/mol. The van der Waals surface area contributed by atoms with Crippen LogP contribution in [0.15, 0.2) is 35.6 Å². The van der Waals surface area contributed by atoms with Gasteiger partial charge in [0.15, 0.2) is 5.84 Å². The van der Waals surface area contributed by atoms with Gasteiger partial charge >= 0.3 is 0 Å². The molecule has 0 aliphatic carbocycles. The third-order valence-electron chi connectivity index (χ3n) is 2.88. The molecule has 0 atom stereocenters. The Morgan fingerprint density at radius 1 is 1.44 bits per heavy atom. The van der Waals surface area contributed by atoms with Crippen molar-refractivity contribution in [3.05, 3.63) is 36.0 Å². The first-order valence-electron chi connectivity index (χ1n) is 5.91. The molecule has 96 valence electrons. The zero-order valence-electron chi connectivity index (χ0n) is 10.3. The molecule has 2 aromatic rings. The molecular formula is C13H17N3O2. The van der Waals surface area contributed by atoms with Gasteiger partial charge in [-0.1, -0.05) is 17.3 Å². The molecule has 1 heterocycles. The Morgan fingerprint density at radius 3 is 3.00 bits per heavy atom. The summed E-state index contributed by atoms with van der Waals surface area (Å²) in [5, 5.41) is 12.8. The van der Waals surface area contributed by atoms with Gasteiger partial charge in [-0.05, 0) is 19.1 Å². The fourth-order valence-corrected chi connectivity index (χ4v) is 2.00. The molecule has 0 aliphatic rings. The fraction of sp³-hybridized carbons (Fsp3) is 0.308. The van der Waals surface area contributed by atoms with Crippen LogP contribution in [0.4, 0.5) is 0 Å². The number of oxime groups is 1. The Labute approximate surface area is 105 Å². The molecule has 0 bridgehead atoms. The second-order valence-corrected chi connectivity index (χ2v) is 3.93. The number of nitrogens with zero attached hydrogens (tertiary/aromatic N) is 2. The summed E-state index contributed by atoms with van der Waals surface area (Å²) in [4.78, 5) is 0. The molecule has 5 nitrogen and oxygen atoms in total. The number of hydrogen-bond donors (Lipinski definition) is 2. The van der Waals surface area contributed by atoms with Crippen molar-refractivity contribution in [2.75, 3.05) is 13.2 Å². The number of nitrogens with two attached hydrogens (primary N) is 1. The van der Waals surface area contributed by atoms with Crippen molar-refractivity contribution in [2.24, 2.45) is 10.9 Å². The molecular weight excluding hydrogens is 230 g/mol. The molecule has 18 heavy (non-hydrogen) atoms. The summed E-state index contributed by atoms with van der Waals surface area (Å²) in [6, 6.07) is 7.71. The fourth-order valence-electron chi connectivity index (χ4n) is 2.00. The van der Waals surface area contributed by atoms with Crippen LogP contribution in [0.2, 0.25) is 0 Å². The van der Waals surface area contributed by atoms with Crippen molar-refractivity contribution in [1.82, 2.24) is 4.57 Å². The second-order valence-electron chi connectivity index (χ2n) is 3.93. The van der Waals surface area contributed by atoms with Gasteiger partial charge in [0.05, 0.1) is 6.61 Å². The third kappa shape index (κ3) is 2.31. The maximum atomic E-state index is 8.76. The SMILES string of the molecule is CCOCCn1ccc2c(/C(N)=N/O)cccc21. The highest BCUT2D eigenvalue weighted by Gasteiger charge is 2.08. The normalized spacial score (nSPS) is 12.2. The van der Waals surface area contributed by atoms with Gasteiger partial charge in [0, 0.05) is 35.8 Å². The molecule has 0 amide bonds. The van der Waals surface area contributed by atoms with E-state index in [0.717, 1.165) is 23.0 Å². The zero-order chi connectivity index (χ0) is 13.0. The number of fused-ring (bicyclic) bond motifs is 1. The predicted molar refractivity (Wildman–Crippen MR) is 70.9 cm³/mol. The average Bonchev–Trinajstić information content (AvgIpc) is 2.81. The Balaban J connectivity index is 2.36. The van der Waals surface area contributed by atoms with Crippen LogP contribution in [0.25, 0.3) is 10.9 Å². The van der Waals surface area contributed by atoms with Gasteiger partial charge in [-0.25, -0.2) is 0 Å². The topological polar surface area (TPSA) is 72.8 Å². The minimum absolute atomic E-state index is 0.128. The number of aromatic nitrogens is 1. The highest BCUT2D eigenvalue weighted by Crippen LogP contribution is 2.20. The first kappa shape index (κ1) is 12.4. The van der Waals surface area contributed by atoms with E-state index >= 15 is 0 Å². The molecule has 0 unspecified atom stereocenters. The number of benzene rings is 1. The molecule has 0 radical (unpaired) electrons. The summed E-state index contributed by atoms with van der Waals surface area (Å²) in [6.07, 6.45) is 1.98. The standard InChI is InChI=1S/C13H17N3O2/c1-2-18-9-8-16-7-6-10-11(13(14)15-17)4-3-5-12(10)16/h3-7,17H,2,8-9H2,1H3,(H2,14,15). The first-order chi connectivity index (χ1) is 8.77. The highest BCUT2D eigenvalue weighted by molar-refractivity contribution is 6.08. The lowest BCUT2D eigenvalue weighted by molar-refractivity contribution is 0.140. The Kier molecular flexibility index (Phi) is 3.84. The smallest absolute Gasteiger partial charge is 0.170 e. The number of ether oxygens (including phenoxy) is 1. The van der Waals surface area contributed by atoms with Crippen molar-refractivity contribution in [1.29, 1.82) is 0 Å². The van der Waals surface area contributed by atoms with E-state index < -0.39 is 0 Å². The second kappa shape index (κ2) is 5.55. The molecule has 0 saturated carbocycles. The third-order valence-corrected chi connectivity index (χ3v) is 2.88. The van der Waals surface area contributed by atoms with E-state index in [1.165, 1.54) is 0 Å². The molecule has 0 saturated heterocycles. The lowest BCUT2D eigenvalue weighted by Gasteiger charge is -2.06. The molecule has 1 aromatic heterocycles. The van der Waals surface area contributed by atoms with Gasteiger partial charge in [-0.3, -0.25) is 0 Å². The van der Waals surface area contributed by atoms with Gasteiger partial charge in [0.1, 0.15) is 0 Å². The van der Waals surface area contributed by atoms with Gasteiger partial charge in [-0.2, -0.15) is 0 Å². The number of rotatable bonds is 5. The van der Waals surface area contributed by atoms with Crippen molar-refractivity contribution in [3.63, 3.8) is 0 Å². The van der Waals surface area contributed by atoms with Crippen LogP contribution in [0.1, 0.15) is 12.5 Å². The van der Waals surface area contributed by atoms with Crippen LogP contribution < -0.4 is 5.73 Å². The molecule has 1 aromatic carbocycles. The largest absolute Gasteiger partial charge is 0.409 e. The molecule has 5 heteroatoms. The minimum Gasteiger partial charge on any atom is -0.409 e. The van der Waals surface area contributed by atoms with Crippen molar-refractivity contribution in [3.8, 4) is 0 Å². The van der Waals surface area contributed by atoms with Crippen LogP contribution in [0.3, 0.4) is 0 Å². The summed E-state index contributed by atoms with van der Waals surface area (Å²) in [6.45, 7) is 4.16. The summed E-state index contributed by atoms with van der Waals surface area (Å²) in [5.74, 6) is 0.128. The van der Waals surface area contributed by atoms with E-state index in [4.69, 9.17) is 15.7 Å². The molecule has 3 N–H and O–H groups in total. The Bertz CT molecular complexity index is 560. The molecule has 0 spiro atoms. The van der Waals surface area contributed by atoms with E-state index in [-0.39, 0.29) is 5.84 Å². The van der Waals surface area contributed by atoms with Crippen molar-refractivity contribution < 1.29 is 9.94 Å². The Hall–Kier alpha value is -2.01. The number of amidine groups is 1. The average molecular weight is 247 g/mol. The van der Waals surface area contributed by atoms with Crippen LogP contribution in [-0.2, 0) is 11.3 Å².